The second-order valence-electron chi connectivity index (χ2n) is 4.64. The largest absolute Gasteiger partial charge is 0.481 e. The minimum atomic E-state index is -0.800. The zero-order valence-corrected chi connectivity index (χ0v) is 11.6. The number of carbonyl (C=O) groups excluding carboxylic acids is 1. The van der Waals surface area contributed by atoms with Crippen LogP contribution in [0.3, 0.4) is 0 Å². The van der Waals surface area contributed by atoms with Gasteiger partial charge in [0, 0.05) is 13.6 Å². The number of aromatic nitrogens is 2. The minimum Gasteiger partial charge on any atom is -0.481 e. The van der Waals surface area contributed by atoms with Gasteiger partial charge in [-0.3, -0.25) is 14.3 Å². The van der Waals surface area contributed by atoms with Crippen LogP contribution in [0.4, 0.5) is 0 Å². The number of hydrogen-bond donors (Lipinski definition) is 2. The van der Waals surface area contributed by atoms with Gasteiger partial charge in [0.1, 0.15) is 5.69 Å². The summed E-state index contributed by atoms with van der Waals surface area (Å²) < 4.78 is 1.56. The Bertz CT molecular complexity index is 454. The van der Waals surface area contributed by atoms with Gasteiger partial charge in [0.15, 0.2) is 0 Å². The van der Waals surface area contributed by atoms with Crippen LogP contribution in [-0.2, 0) is 18.3 Å². The number of hydrogen-bond acceptors (Lipinski definition) is 3. The second-order valence-corrected chi connectivity index (χ2v) is 4.64. The van der Waals surface area contributed by atoms with E-state index in [1.54, 1.807) is 24.7 Å². The molecule has 0 aliphatic rings. The lowest BCUT2D eigenvalue weighted by molar-refractivity contribution is -0.141. The van der Waals surface area contributed by atoms with Crippen LogP contribution in [0.15, 0.2) is 6.07 Å². The van der Waals surface area contributed by atoms with E-state index in [4.69, 9.17) is 5.11 Å². The molecule has 0 fully saturated rings. The number of amides is 1. The Morgan fingerprint density at radius 3 is 2.74 bits per heavy atom. The molecule has 0 saturated carbocycles. The van der Waals surface area contributed by atoms with Crippen molar-refractivity contribution in [3.8, 4) is 0 Å². The zero-order chi connectivity index (χ0) is 14.4. The van der Waals surface area contributed by atoms with E-state index in [0.29, 0.717) is 25.1 Å². The van der Waals surface area contributed by atoms with Gasteiger partial charge in [-0.25, -0.2) is 0 Å². The topological polar surface area (TPSA) is 84.2 Å². The zero-order valence-electron chi connectivity index (χ0n) is 11.6. The quantitative estimate of drug-likeness (QED) is 0.727. The lowest BCUT2D eigenvalue weighted by atomic mass is 10.1. The normalized spacial score (nSPS) is 12.2. The maximum Gasteiger partial charge on any atom is 0.306 e. The molecule has 106 valence electrons. The van der Waals surface area contributed by atoms with Gasteiger partial charge < -0.3 is 10.4 Å². The predicted octanol–water partition coefficient (Wildman–Crippen LogP) is 1.21. The van der Waals surface area contributed by atoms with Crippen molar-refractivity contribution >= 4 is 11.9 Å². The number of rotatable bonds is 7. The molecule has 0 aliphatic heterocycles. The van der Waals surface area contributed by atoms with Gasteiger partial charge in [-0.1, -0.05) is 13.8 Å². The molecule has 19 heavy (non-hydrogen) atoms. The van der Waals surface area contributed by atoms with Gasteiger partial charge in [0.05, 0.1) is 11.6 Å². The van der Waals surface area contributed by atoms with Crippen molar-refractivity contribution in [1.82, 2.24) is 15.1 Å². The summed E-state index contributed by atoms with van der Waals surface area (Å²) in [4.78, 5) is 22.5. The molecule has 0 saturated heterocycles. The second kappa shape index (κ2) is 6.92. The maximum absolute atomic E-state index is 11.9. The molecular formula is C13H21N3O3. The molecule has 1 unspecified atom stereocenters. The Morgan fingerprint density at radius 1 is 1.53 bits per heavy atom. The Balaban J connectivity index is 2.39. The maximum atomic E-state index is 11.9. The van der Waals surface area contributed by atoms with Crippen molar-refractivity contribution in [3.63, 3.8) is 0 Å². The summed E-state index contributed by atoms with van der Waals surface area (Å²) in [6.45, 7) is 4.12. The highest BCUT2D eigenvalue weighted by Gasteiger charge is 2.13. The molecule has 2 N–H and O–H groups in total. The first-order valence-corrected chi connectivity index (χ1v) is 6.49. The van der Waals surface area contributed by atoms with E-state index in [1.165, 1.54) is 0 Å². The number of nitrogens with one attached hydrogen (secondary N) is 1. The molecule has 1 rings (SSSR count). The Hall–Kier alpha value is -1.85. The summed E-state index contributed by atoms with van der Waals surface area (Å²) >= 11 is 0. The number of carboxylic acid groups (broad SMARTS) is 1. The molecule has 0 aliphatic carbocycles. The van der Waals surface area contributed by atoms with Gasteiger partial charge in [0.2, 0.25) is 0 Å². The smallest absolute Gasteiger partial charge is 0.306 e. The Morgan fingerprint density at radius 2 is 2.21 bits per heavy atom. The molecular weight excluding hydrogens is 246 g/mol. The monoisotopic (exact) mass is 267 g/mol. The van der Waals surface area contributed by atoms with Crippen LogP contribution in [0.5, 0.6) is 0 Å². The molecule has 1 heterocycles. The minimum absolute atomic E-state index is 0.169. The first kappa shape index (κ1) is 15.2. The SMILES string of the molecule is CCc1cc(C(=O)NCCCC(C)C(=O)O)n(C)n1. The molecule has 6 heteroatoms. The van der Waals surface area contributed by atoms with Crippen molar-refractivity contribution < 1.29 is 14.7 Å². The third-order valence-electron chi connectivity index (χ3n) is 3.05. The van der Waals surface area contributed by atoms with Crippen LogP contribution in [0.1, 0.15) is 42.9 Å². The van der Waals surface area contributed by atoms with Gasteiger partial charge in [-0.2, -0.15) is 5.10 Å². The standard InChI is InChI=1S/C13H21N3O3/c1-4-10-8-11(16(3)15-10)12(17)14-7-5-6-9(2)13(18)19/h8-9H,4-7H2,1-3H3,(H,14,17)(H,18,19). The summed E-state index contributed by atoms with van der Waals surface area (Å²) in [7, 11) is 1.74. The molecule has 0 bridgehead atoms. The molecule has 0 spiro atoms. The summed E-state index contributed by atoms with van der Waals surface area (Å²) in [5.74, 6) is -1.34. The lowest BCUT2D eigenvalue weighted by Gasteiger charge is -2.07. The molecule has 0 aromatic carbocycles. The average molecular weight is 267 g/mol. The van der Waals surface area contributed by atoms with Gasteiger partial charge >= 0.3 is 5.97 Å². The van der Waals surface area contributed by atoms with Crippen LogP contribution >= 0.6 is 0 Å². The molecule has 6 nitrogen and oxygen atoms in total. The highest BCUT2D eigenvalue weighted by Crippen LogP contribution is 2.06. The van der Waals surface area contributed by atoms with E-state index in [0.717, 1.165) is 12.1 Å². The lowest BCUT2D eigenvalue weighted by Crippen LogP contribution is -2.27. The molecule has 1 aromatic heterocycles. The highest BCUT2D eigenvalue weighted by atomic mass is 16.4. The number of aryl methyl sites for hydroxylation is 2. The average Bonchev–Trinajstić information content (AvgIpc) is 2.75. The third kappa shape index (κ3) is 4.39. The Kier molecular flexibility index (Phi) is 5.54. The van der Waals surface area contributed by atoms with Gasteiger partial charge in [-0.15, -0.1) is 0 Å². The molecule has 1 aromatic rings. The first-order valence-electron chi connectivity index (χ1n) is 6.49. The van der Waals surface area contributed by atoms with Crippen molar-refractivity contribution in [2.45, 2.75) is 33.1 Å². The van der Waals surface area contributed by atoms with Crippen molar-refractivity contribution in [2.24, 2.45) is 13.0 Å². The van der Waals surface area contributed by atoms with E-state index >= 15 is 0 Å². The fourth-order valence-corrected chi connectivity index (χ4v) is 1.74. The van der Waals surface area contributed by atoms with Crippen LogP contribution in [0, 0.1) is 5.92 Å². The fraction of sp³-hybridized carbons (Fsp3) is 0.615. The number of carboxylic acids is 1. The molecule has 1 atom stereocenters. The fourth-order valence-electron chi connectivity index (χ4n) is 1.74. The summed E-state index contributed by atoms with van der Waals surface area (Å²) in [6.07, 6.45) is 2.00. The van der Waals surface area contributed by atoms with Crippen molar-refractivity contribution in [2.75, 3.05) is 6.54 Å². The van der Waals surface area contributed by atoms with Crippen molar-refractivity contribution in [3.05, 3.63) is 17.5 Å². The summed E-state index contributed by atoms with van der Waals surface area (Å²) in [5, 5.41) is 15.7. The number of aliphatic carboxylic acids is 1. The van der Waals surface area contributed by atoms with Crippen LogP contribution in [-0.4, -0.2) is 33.3 Å². The Labute approximate surface area is 112 Å². The highest BCUT2D eigenvalue weighted by molar-refractivity contribution is 5.92. The summed E-state index contributed by atoms with van der Waals surface area (Å²) in [5.41, 5.74) is 1.41. The van der Waals surface area contributed by atoms with E-state index in [2.05, 4.69) is 10.4 Å². The first-order chi connectivity index (χ1) is 8.95. The number of carbonyl (C=O) groups is 2. The van der Waals surface area contributed by atoms with E-state index in [-0.39, 0.29) is 11.8 Å². The number of nitrogens with zero attached hydrogens (tertiary/aromatic N) is 2. The van der Waals surface area contributed by atoms with E-state index in [9.17, 15) is 9.59 Å². The van der Waals surface area contributed by atoms with Crippen LogP contribution in [0.25, 0.3) is 0 Å². The summed E-state index contributed by atoms with van der Waals surface area (Å²) in [6, 6.07) is 1.77. The van der Waals surface area contributed by atoms with Crippen LogP contribution in [0.2, 0.25) is 0 Å². The predicted molar refractivity (Wildman–Crippen MR) is 71.0 cm³/mol. The molecule has 0 radical (unpaired) electrons. The van der Waals surface area contributed by atoms with E-state index < -0.39 is 5.97 Å². The van der Waals surface area contributed by atoms with Crippen molar-refractivity contribution in [1.29, 1.82) is 0 Å². The third-order valence-corrected chi connectivity index (χ3v) is 3.05. The van der Waals surface area contributed by atoms with E-state index in [1.807, 2.05) is 6.92 Å². The molecule has 1 amide bonds. The van der Waals surface area contributed by atoms with Gasteiger partial charge in [0.25, 0.3) is 5.91 Å². The van der Waals surface area contributed by atoms with Gasteiger partial charge in [-0.05, 0) is 25.3 Å². The van der Waals surface area contributed by atoms with Crippen LogP contribution < -0.4 is 5.32 Å².